The standard InChI is InChI=1S/C15H22N2O3/c1-11-5-7-12(8-6-11)17(10-9-13(18)19)14(20)15(2,3)16-4/h5-8,16H,9-10H2,1-4H3,(H,18,19). The van der Waals surface area contributed by atoms with E-state index in [1.54, 1.807) is 20.9 Å². The minimum absolute atomic E-state index is 0.0839. The molecule has 0 bridgehead atoms. The van der Waals surface area contributed by atoms with Crippen LogP contribution in [-0.4, -0.2) is 36.1 Å². The number of anilines is 1. The third-order valence-corrected chi connectivity index (χ3v) is 3.30. The molecule has 0 atom stereocenters. The van der Waals surface area contributed by atoms with Crippen LogP contribution in [0.4, 0.5) is 5.69 Å². The third kappa shape index (κ3) is 4.06. The Hall–Kier alpha value is -1.88. The first kappa shape index (κ1) is 16.2. The van der Waals surface area contributed by atoms with Gasteiger partial charge in [-0.1, -0.05) is 17.7 Å². The zero-order chi connectivity index (χ0) is 15.3. The van der Waals surface area contributed by atoms with Crippen LogP contribution < -0.4 is 10.2 Å². The fraction of sp³-hybridized carbons (Fsp3) is 0.467. The maximum atomic E-state index is 12.6. The van der Waals surface area contributed by atoms with Gasteiger partial charge < -0.3 is 15.3 Å². The van der Waals surface area contributed by atoms with Gasteiger partial charge in [0.2, 0.25) is 5.91 Å². The molecular weight excluding hydrogens is 256 g/mol. The molecule has 0 aliphatic heterocycles. The number of hydrogen-bond acceptors (Lipinski definition) is 3. The maximum Gasteiger partial charge on any atom is 0.305 e. The van der Waals surface area contributed by atoms with Gasteiger partial charge in [-0.2, -0.15) is 0 Å². The Kier molecular flexibility index (Phi) is 5.27. The molecule has 0 unspecified atom stereocenters. The van der Waals surface area contributed by atoms with Crippen LogP contribution in [-0.2, 0) is 9.59 Å². The summed E-state index contributed by atoms with van der Waals surface area (Å²) < 4.78 is 0. The second-order valence-electron chi connectivity index (χ2n) is 5.31. The molecule has 20 heavy (non-hydrogen) atoms. The molecule has 0 aliphatic carbocycles. The third-order valence-electron chi connectivity index (χ3n) is 3.30. The quantitative estimate of drug-likeness (QED) is 0.832. The van der Waals surface area contributed by atoms with E-state index in [-0.39, 0.29) is 18.9 Å². The molecule has 0 aliphatic rings. The van der Waals surface area contributed by atoms with Gasteiger partial charge in [0, 0.05) is 12.2 Å². The predicted molar refractivity (Wildman–Crippen MR) is 78.9 cm³/mol. The van der Waals surface area contributed by atoms with Crippen LogP contribution in [0, 0.1) is 6.92 Å². The highest BCUT2D eigenvalue weighted by atomic mass is 16.4. The zero-order valence-electron chi connectivity index (χ0n) is 12.4. The van der Waals surface area contributed by atoms with E-state index in [1.807, 2.05) is 31.2 Å². The van der Waals surface area contributed by atoms with E-state index < -0.39 is 11.5 Å². The van der Waals surface area contributed by atoms with Crippen molar-refractivity contribution in [2.45, 2.75) is 32.7 Å². The lowest BCUT2D eigenvalue weighted by atomic mass is 10.0. The lowest BCUT2D eigenvalue weighted by Gasteiger charge is -2.31. The van der Waals surface area contributed by atoms with Gasteiger partial charge >= 0.3 is 5.97 Å². The number of nitrogens with one attached hydrogen (secondary N) is 1. The smallest absolute Gasteiger partial charge is 0.305 e. The van der Waals surface area contributed by atoms with Gasteiger partial charge in [0.15, 0.2) is 0 Å². The summed E-state index contributed by atoms with van der Waals surface area (Å²) in [6.45, 7) is 5.67. The minimum atomic E-state index is -0.919. The second-order valence-corrected chi connectivity index (χ2v) is 5.31. The Morgan fingerprint density at radius 1 is 1.25 bits per heavy atom. The van der Waals surface area contributed by atoms with Gasteiger partial charge in [-0.15, -0.1) is 0 Å². The highest BCUT2D eigenvalue weighted by molar-refractivity contribution is 6.00. The van der Waals surface area contributed by atoms with Crippen molar-refractivity contribution in [1.29, 1.82) is 0 Å². The fourth-order valence-corrected chi connectivity index (χ4v) is 1.72. The molecule has 0 heterocycles. The number of amides is 1. The number of carbonyl (C=O) groups excluding carboxylic acids is 1. The van der Waals surface area contributed by atoms with E-state index in [0.29, 0.717) is 5.69 Å². The summed E-state index contributed by atoms with van der Waals surface area (Å²) in [6, 6.07) is 7.48. The average molecular weight is 278 g/mol. The minimum Gasteiger partial charge on any atom is -0.481 e. The lowest BCUT2D eigenvalue weighted by molar-refractivity contribution is -0.136. The molecule has 0 aromatic heterocycles. The number of aryl methyl sites for hydroxylation is 1. The number of rotatable bonds is 6. The van der Waals surface area contributed by atoms with Gasteiger partial charge in [-0.3, -0.25) is 9.59 Å². The van der Waals surface area contributed by atoms with Crippen molar-refractivity contribution in [3.8, 4) is 0 Å². The number of aliphatic carboxylic acids is 1. The zero-order valence-corrected chi connectivity index (χ0v) is 12.4. The average Bonchev–Trinajstić information content (AvgIpc) is 2.40. The molecular formula is C15H22N2O3. The van der Waals surface area contributed by atoms with Crippen molar-refractivity contribution in [2.24, 2.45) is 0 Å². The SMILES string of the molecule is CNC(C)(C)C(=O)N(CCC(=O)O)c1ccc(C)cc1. The van der Waals surface area contributed by atoms with Crippen LogP contribution in [0.5, 0.6) is 0 Å². The molecule has 110 valence electrons. The van der Waals surface area contributed by atoms with Crippen LogP contribution in [0.3, 0.4) is 0 Å². The number of carboxylic acid groups (broad SMARTS) is 1. The highest BCUT2D eigenvalue weighted by Gasteiger charge is 2.31. The number of likely N-dealkylation sites (N-methyl/N-ethyl adjacent to an activating group) is 1. The number of carboxylic acids is 1. The van der Waals surface area contributed by atoms with Crippen LogP contribution >= 0.6 is 0 Å². The van der Waals surface area contributed by atoms with Crippen molar-refractivity contribution in [3.63, 3.8) is 0 Å². The first-order valence-electron chi connectivity index (χ1n) is 6.57. The van der Waals surface area contributed by atoms with E-state index >= 15 is 0 Å². The Labute approximate surface area is 119 Å². The lowest BCUT2D eigenvalue weighted by Crippen LogP contribution is -2.53. The van der Waals surface area contributed by atoms with Crippen LogP contribution in [0.1, 0.15) is 25.8 Å². The molecule has 1 amide bonds. The predicted octanol–water partition coefficient (Wildman–Crippen LogP) is 1.80. The largest absolute Gasteiger partial charge is 0.481 e. The summed E-state index contributed by atoms with van der Waals surface area (Å²) in [7, 11) is 1.71. The topological polar surface area (TPSA) is 69.6 Å². The molecule has 0 fully saturated rings. The molecule has 2 N–H and O–H groups in total. The van der Waals surface area contributed by atoms with E-state index in [9.17, 15) is 9.59 Å². The molecule has 1 aromatic carbocycles. The molecule has 0 spiro atoms. The summed E-state index contributed by atoms with van der Waals surface area (Å²) in [5.74, 6) is -1.07. The van der Waals surface area contributed by atoms with Crippen molar-refractivity contribution in [1.82, 2.24) is 5.32 Å². The van der Waals surface area contributed by atoms with E-state index in [4.69, 9.17) is 5.11 Å². The highest BCUT2D eigenvalue weighted by Crippen LogP contribution is 2.19. The van der Waals surface area contributed by atoms with E-state index in [1.165, 1.54) is 4.90 Å². The van der Waals surface area contributed by atoms with E-state index in [2.05, 4.69) is 5.32 Å². The van der Waals surface area contributed by atoms with Crippen LogP contribution in [0.15, 0.2) is 24.3 Å². The molecule has 5 nitrogen and oxygen atoms in total. The Balaban J connectivity index is 3.04. The molecule has 1 aromatic rings. The molecule has 5 heteroatoms. The van der Waals surface area contributed by atoms with Crippen molar-refractivity contribution in [3.05, 3.63) is 29.8 Å². The van der Waals surface area contributed by atoms with Crippen molar-refractivity contribution in [2.75, 3.05) is 18.5 Å². The summed E-state index contributed by atoms with van der Waals surface area (Å²) in [5, 5.41) is 11.8. The summed E-state index contributed by atoms with van der Waals surface area (Å²) in [4.78, 5) is 24.9. The van der Waals surface area contributed by atoms with Crippen LogP contribution in [0.2, 0.25) is 0 Å². The molecule has 1 rings (SSSR count). The number of benzene rings is 1. The van der Waals surface area contributed by atoms with Crippen molar-refractivity contribution >= 4 is 17.6 Å². The molecule has 0 radical (unpaired) electrons. The monoisotopic (exact) mass is 278 g/mol. The van der Waals surface area contributed by atoms with Gasteiger partial charge in [0.1, 0.15) is 0 Å². The van der Waals surface area contributed by atoms with E-state index in [0.717, 1.165) is 5.56 Å². The summed E-state index contributed by atoms with van der Waals surface area (Å²) in [6.07, 6.45) is -0.0839. The Morgan fingerprint density at radius 2 is 1.80 bits per heavy atom. The second kappa shape index (κ2) is 6.52. The number of carbonyl (C=O) groups is 2. The first-order valence-corrected chi connectivity index (χ1v) is 6.57. The maximum absolute atomic E-state index is 12.6. The summed E-state index contributed by atoms with van der Waals surface area (Å²) >= 11 is 0. The fourth-order valence-electron chi connectivity index (χ4n) is 1.72. The number of hydrogen-bond donors (Lipinski definition) is 2. The molecule has 0 saturated heterocycles. The van der Waals surface area contributed by atoms with Gasteiger partial charge in [0.05, 0.1) is 12.0 Å². The normalized spacial score (nSPS) is 11.2. The van der Waals surface area contributed by atoms with Crippen LogP contribution in [0.25, 0.3) is 0 Å². The Bertz CT molecular complexity index is 480. The van der Waals surface area contributed by atoms with Gasteiger partial charge in [-0.25, -0.2) is 0 Å². The summed E-state index contributed by atoms with van der Waals surface area (Å²) in [5.41, 5.74) is 1.06. The Morgan fingerprint density at radius 3 is 2.25 bits per heavy atom. The first-order chi connectivity index (χ1) is 9.27. The molecule has 0 saturated carbocycles. The van der Waals surface area contributed by atoms with Gasteiger partial charge in [-0.05, 0) is 40.0 Å². The van der Waals surface area contributed by atoms with Gasteiger partial charge in [0.25, 0.3) is 0 Å². The van der Waals surface area contributed by atoms with Crippen molar-refractivity contribution < 1.29 is 14.7 Å². The number of nitrogens with zero attached hydrogens (tertiary/aromatic N) is 1.